The molecule has 0 unspecified atom stereocenters. The van der Waals surface area contributed by atoms with Gasteiger partial charge >= 0.3 is 0 Å². The first-order chi connectivity index (χ1) is 15.6. The Labute approximate surface area is 195 Å². The van der Waals surface area contributed by atoms with Crippen LogP contribution >= 0.6 is 0 Å². The van der Waals surface area contributed by atoms with Gasteiger partial charge in [-0.1, -0.05) is 48.0 Å². The summed E-state index contributed by atoms with van der Waals surface area (Å²) in [5.74, 6) is -0.291. The van der Waals surface area contributed by atoms with E-state index in [1.165, 1.54) is 0 Å². The number of sulfone groups is 1. The predicted molar refractivity (Wildman–Crippen MR) is 133 cm³/mol. The highest BCUT2D eigenvalue weighted by Crippen LogP contribution is 2.29. The summed E-state index contributed by atoms with van der Waals surface area (Å²) >= 11 is 0. The van der Waals surface area contributed by atoms with Crippen LogP contribution < -0.4 is 5.32 Å². The maximum Gasteiger partial charge on any atom is 0.244 e. The van der Waals surface area contributed by atoms with Crippen LogP contribution in [0.1, 0.15) is 27.8 Å². The molecular formula is C27H28N2O3S. The second-order valence-corrected chi connectivity index (χ2v) is 10.6. The molecule has 0 fully saturated rings. The molecule has 0 bridgehead atoms. The van der Waals surface area contributed by atoms with Gasteiger partial charge in [0.1, 0.15) is 6.54 Å². The number of carbonyl (C=O) groups excluding carboxylic acids is 1. The maximum atomic E-state index is 13.4. The molecule has 0 radical (unpaired) electrons. The number of hydrogen-bond acceptors (Lipinski definition) is 3. The molecule has 0 aliphatic rings. The van der Waals surface area contributed by atoms with Crippen LogP contribution in [0.25, 0.3) is 10.9 Å². The van der Waals surface area contributed by atoms with Crippen molar-refractivity contribution >= 4 is 32.3 Å². The van der Waals surface area contributed by atoms with Crippen molar-refractivity contribution in [2.24, 2.45) is 0 Å². The van der Waals surface area contributed by atoms with Gasteiger partial charge in [-0.05, 0) is 68.1 Å². The lowest BCUT2D eigenvalue weighted by Crippen LogP contribution is -2.18. The number of aromatic nitrogens is 1. The van der Waals surface area contributed by atoms with Crippen molar-refractivity contribution in [3.8, 4) is 0 Å². The average Bonchev–Trinajstić information content (AvgIpc) is 3.13. The van der Waals surface area contributed by atoms with Gasteiger partial charge in [-0.15, -0.1) is 0 Å². The number of carbonyl (C=O) groups is 1. The van der Waals surface area contributed by atoms with E-state index in [0.29, 0.717) is 10.9 Å². The van der Waals surface area contributed by atoms with Crippen molar-refractivity contribution in [1.29, 1.82) is 0 Å². The smallest absolute Gasteiger partial charge is 0.244 e. The van der Waals surface area contributed by atoms with Crippen molar-refractivity contribution in [2.45, 2.75) is 44.9 Å². The number of nitrogens with one attached hydrogen (secondary N) is 1. The van der Waals surface area contributed by atoms with Gasteiger partial charge in [0, 0.05) is 22.8 Å². The molecular weight excluding hydrogens is 432 g/mol. The number of nitrogens with zero attached hydrogens (tertiary/aromatic N) is 1. The first-order valence-corrected chi connectivity index (χ1v) is 12.5. The Balaban J connectivity index is 1.65. The van der Waals surface area contributed by atoms with Gasteiger partial charge in [0.15, 0.2) is 9.84 Å². The number of rotatable bonds is 6. The predicted octanol–water partition coefficient (Wildman–Crippen LogP) is 5.49. The highest BCUT2D eigenvalue weighted by molar-refractivity contribution is 7.90. The first kappa shape index (κ1) is 22.8. The van der Waals surface area contributed by atoms with Crippen LogP contribution in [0.5, 0.6) is 0 Å². The van der Waals surface area contributed by atoms with Crippen LogP contribution in [-0.2, 0) is 26.9 Å². The van der Waals surface area contributed by atoms with Crippen LogP contribution in [0, 0.1) is 27.7 Å². The zero-order valence-corrected chi connectivity index (χ0v) is 20.2. The van der Waals surface area contributed by atoms with Gasteiger partial charge in [0.2, 0.25) is 5.91 Å². The molecule has 33 heavy (non-hydrogen) atoms. The van der Waals surface area contributed by atoms with Crippen LogP contribution in [0.2, 0.25) is 0 Å². The summed E-state index contributed by atoms with van der Waals surface area (Å²) < 4.78 is 28.6. The Morgan fingerprint density at radius 1 is 0.879 bits per heavy atom. The number of aryl methyl sites for hydroxylation is 4. The van der Waals surface area contributed by atoms with Crippen molar-refractivity contribution < 1.29 is 13.2 Å². The third-order valence-corrected chi connectivity index (χ3v) is 7.73. The third-order valence-electron chi connectivity index (χ3n) is 6.04. The number of benzene rings is 3. The Kier molecular flexibility index (Phi) is 6.13. The SMILES string of the molecule is Cc1ccc(C)c(CS(=O)(=O)c2cn(CC(=O)Nc3ccc(C)c(C)c3)c3ccccc23)c1. The van der Waals surface area contributed by atoms with Crippen molar-refractivity contribution in [3.05, 3.63) is 94.7 Å². The van der Waals surface area contributed by atoms with E-state index in [2.05, 4.69) is 5.32 Å². The largest absolute Gasteiger partial charge is 0.337 e. The van der Waals surface area contributed by atoms with Crippen LogP contribution in [0.4, 0.5) is 5.69 Å². The molecule has 1 N–H and O–H groups in total. The zero-order valence-electron chi connectivity index (χ0n) is 19.3. The lowest BCUT2D eigenvalue weighted by atomic mass is 10.1. The summed E-state index contributed by atoms with van der Waals surface area (Å²) in [6, 6.07) is 18.9. The summed E-state index contributed by atoms with van der Waals surface area (Å²) in [5.41, 5.74) is 6.45. The van der Waals surface area contributed by atoms with Gasteiger partial charge in [-0.3, -0.25) is 4.79 Å². The summed E-state index contributed by atoms with van der Waals surface area (Å²) in [6.45, 7) is 7.91. The molecule has 1 heterocycles. The number of amides is 1. The average molecular weight is 461 g/mol. The molecule has 0 aliphatic carbocycles. The van der Waals surface area contributed by atoms with E-state index in [4.69, 9.17) is 0 Å². The molecule has 6 heteroatoms. The van der Waals surface area contributed by atoms with E-state index in [1.54, 1.807) is 16.8 Å². The lowest BCUT2D eigenvalue weighted by Gasteiger charge is -2.09. The van der Waals surface area contributed by atoms with E-state index in [0.717, 1.165) is 33.5 Å². The Bertz CT molecular complexity index is 1470. The molecule has 0 aliphatic heterocycles. The van der Waals surface area contributed by atoms with Gasteiger partial charge in [-0.2, -0.15) is 0 Å². The molecule has 4 rings (SSSR count). The Morgan fingerprint density at radius 2 is 1.61 bits per heavy atom. The second-order valence-electron chi connectivity index (χ2n) is 8.67. The molecule has 4 aromatic rings. The highest BCUT2D eigenvalue weighted by Gasteiger charge is 2.23. The fourth-order valence-corrected chi connectivity index (χ4v) is 5.68. The molecule has 5 nitrogen and oxygen atoms in total. The number of anilines is 1. The van der Waals surface area contributed by atoms with Gasteiger partial charge in [0.05, 0.1) is 10.6 Å². The minimum absolute atomic E-state index is 0.0203. The lowest BCUT2D eigenvalue weighted by molar-refractivity contribution is -0.116. The maximum absolute atomic E-state index is 13.4. The van der Waals surface area contributed by atoms with E-state index in [-0.39, 0.29) is 23.1 Å². The van der Waals surface area contributed by atoms with Crippen LogP contribution in [0.15, 0.2) is 71.8 Å². The van der Waals surface area contributed by atoms with E-state index in [9.17, 15) is 13.2 Å². The molecule has 0 atom stereocenters. The van der Waals surface area contributed by atoms with Gasteiger partial charge < -0.3 is 9.88 Å². The van der Waals surface area contributed by atoms with Gasteiger partial charge in [-0.25, -0.2) is 8.42 Å². The normalized spacial score (nSPS) is 11.6. The first-order valence-electron chi connectivity index (χ1n) is 10.9. The topological polar surface area (TPSA) is 68.2 Å². The molecule has 0 saturated carbocycles. The second kappa shape index (κ2) is 8.87. The zero-order chi connectivity index (χ0) is 23.8. The fraction of sp³-hybridized carbons (Fsp3) is 0.222. The van der Waals surface area contributed by atoms with Crippen molar-refractivity contribution in [2.75, 3.05) is 5.32 Å². The van der Waals surface area contributed by atoms with Crippen molar-refractivity contribution in [1.82, 2.24) is 4.57 Å². The molecule has 0 saturated heterocycles. The Morgan fingerprint density at radius 3 is 2.36 bits per heavy atom. The van der Waals surface area contributed by atoms with Crippen LogP contribution in [0.3, 0.4) is 0 Å². The number of para-hydroxylation sites is 1. The summed E-state index contributed by atoms with van der Waals surface area (Å²) in [7, 11) is -3.62. The van der Waals surface area contributed by atoms with E-state index in [1.807, 2.05) is 82.3 Å². The standard InChI is InChI=1S/C27H28N2O3S/c1-18-9-10-20(3)22(13-18)17-33(31,32)26-15-29(25-8-6-5-7-24(25)26)16-27(30)28-23-12-11-19(2)21(4)14-23/h5-15H,16-17H2,1-4H3,(H,28,30). The molecule has 3 aromatic carbocycles. The van der Waals surface area contributed by atoms with Gasteiger partial charge in [0.25, 0.3) is 0 Å². The van der Waals surface area contributed by atoms with E-state index < -0.39 is 9.84 Å². The minimum Gasteiger partial charge on any atom is -0.337 e. The van der Waals surface area contributed by atoms with Crippen molar-refractivity contribution in [3.63, 3.8) is 0 Å². The summed E-state index contributed by atoms with van der Waals surface area (Å²) in [5, 5.41) is 3.54. The third kappa shape index (κ3) is 4.86. The monoisotopic (exact) mass is 460 g/mol. The summed E-state index contributed by atoms with van der Waals surface area (Å²) in [6.07, 6.45) is 1.59. The summed E-state index contributed by atoms with van der Waals surface area (Å²) in [4.78, 5) is 13.0. The number of fused-ring (bicyclic) bond motifs is 1. The van der Waals surface area contributed by atoms with Crippen LogP contribution in [-0.4, -0.2) is 18.9 Å². The van der Waals surface area contributed by atoms with E-state index >= 15 is 0 Å². The molecule has 1 aromatic heterocycles. The minimum atomic E-state index is -3.62. The fourth-order valence-electron chi connectivity index (χ4n) is 4.00. The number of hydrogen-bond donors (Lipinski definition) is 1. The molecule has 170 valence electrons. The Hall–Kier alpha value is -3.38. The highest BCUT2D eigenvalue weighted by atomic mass is 32.2. The molecule has 1 amide bonds. The molecule has 0 spiro atoms. The quantitative estimate of drug-likeness (QED) is 0.414.